The summed E-state index contributed by atoms with van der Waals surface area (Å²) in [5, 5.41) is 2.82. The van der Waals surface area contributed by atoms with E-state index in [2.05, 4.69) is 35.7 Å². The molecule has 3 heteroatoms. The molecule has 0 saturated heterocycles. The van der Waals surface area contributed by atoms with Gasteiger partial charge >= 0.3 is 0 Å². The zero-order valence-electron chi connectivity index (χ0n) is 10.5. The lowest BCUT2D eigenvalue weighted by Gasteiger charge is -2.41. The summed E-state index contributed by atoms with van der Waals surface area (Å²) in [5.74, 6) is -0.0514. The molecule has 1 heterocycles. The monoisotopic (exact) mass is 279 g/mol. The van der Waals surface area contributed by atoms with Gasteiger partial charge in [-0.3, -0.25) is 4.79 Å². The number of nitrogens with one attached hydrogen (secondary N) is 1. The van der Waals surface area contributed by atoms with Crippen LogP contribution in [0.15, 0.2) is 65.3 Å². The van der Waals surface area contributed by atoms with Crippen LogP contribution in [0.3, 0.4) is 0 Å². The van der Waals surface area contributed by atoms with E-state index in [9.17, 15) is 4.79 Å². The van der Waals surface area contributed by atoms with Gasteiger partial charge in [0.2, 0.25) is 0 Å². The normalized spacial score (nSPS) is 31.6. The highest BCUT2D eigenvalue weighted by molar-refractivity contribution is 6.28. The van der Waals surface area contributed by atoms with E-state index in [0.29, 0.717) is 5.57 Å². The molecule has 0 saturated carbocycles. The average molecular weight is 280 g/mol. The molecular weight excluding hydrogens is 270 g/mol. The molecule has 1 aromatic rings. The first-order chi connectivity index (χ1) is 9.72. The zero-order valence-corrected chi connectivity index (χ0v) is 11.2. The first-order valence-electron chi connectivity index (χ1n) is 6.65. The fourth-order valence-corrected chi connectivity index (χ4v) is 4.13. The Bertz CT molecular complexity index is 827. The number of halogens is 1. The molecule has 1 amide bonds. The van der Waals surface area contributed by atoms with Gasteiger partial charge in [0.15, 0.2) is 0 Å². The fraction of sp³-hybridized carbons (Fsp3) is 0.118. The maximum atomic E-state index is 12.4. The minimum absolute atomic E-state index is 0.0514. The Morgan fingerprint density at radius 2 is 2.00 bits per heavy atom. The highest BCUT2D eigenvalue weighted by Crippen LogP contribution is 2.56. The number of amides is 1. The zero-order chi connectivity index (χ0) is 13.5. The fourth-order valence-electron chi connectivity index (χ4n) is 3.85. The highest BCUT2D eigenvalue weighted by atomic mass is 35.5. The summed E-state index contributed by atoms with van der Waals surface area (Å²) in [6.45, 7) is 0. The van der Waals surface area contributed by atoms with Crippen LogP contribution in [0.2, 0.25) is 0 Å². The van der Waals surface area contributed by atoms with Gasteiger partial charge in [-0.2, -0.15) is 0 Å². The van der Waals surface area contributed by atoms with Crippen molar-refractivity contribution in [2.24, 2.45) is 0 Å². The van der Waals surface area contributed by atoms with E-state index >= 15 is 0 Å². The third-order valence-electron chi connectivity index (χ3n) is 4.63. The third-order valence-corrected chi connectivity index (χ3v) is 4.99. The molecule has 1 spiro atoms. The number of alkyl halides is 1. The molecule has 1 aromatic carbocycles. The largest absolute Gasteiger partial charge is 0.335 e. The first kappa shape index (κ1) is 10.7. The molecule has 2 bridgehead atoms. The predicted octanol–water partition coefficient (Wildman–Crippen LogP) is 2.82. The van der Waals surface area contributed by atoms with Crippen LogP contribution in [0.5, 0.6) is 0 Å². The van der Waals surface area contributed by atoms with Gasteiger partial charge in [0.25, 0.3) is 5.91 Å². The van der Waals surface area contributed by atoms with Crippen LogP contribution >= 0.6 is 11.6 Å². The minimum Gasteiger partial charge on any atom is -0.335 e. The van der Waals surface area contributed by atoms with Crippen LogP contribution in [-0.4, -0.2) is 11.3 Å². The summed E-state index contributed by atoms with van der Waals surface area (Å²) in [5.41, 5.74) is 5.93. The van der Waals surface area contributed by atoms with Crippen molar-refractivity contribution in [3.05, 3.63) is 76.4 Å². The van der Waals surface area contributed by atoms with Crippen molar-refractivity contribution < 1.29 is 4.79 Å². The lowest BCUT2D eigenvalue weighted by molar-refractivity contribution is -0.117. The first-order valence-corrected chi connectivity index (χ1v) is 7.09. The van der Waals surface area contributed by atoms with Gasteiger partial charge in [-0.1, -0.05) is 42.5 Å². The Balaban J connectivity index is 1.99. The Morgan fingerprint density at radius 1 is 1.15 bits per heavy atom. The van der Waals surface area contributed by atoms with E-state index in [1.165, 1.54) is 11.1 Å². The van der Waals surface area contributed by atoms with Crippen molar-refractivity contribution in [2.75, 3.05) is 0 Å². The number of hydrogen-bond acceptors (Lipinski definition) is 1. The maximum Gasteiger partial charge on any atom is 0.250 e. The van der Waals surface area contributed by atoms with Crippen LogP contribution in [0, 0.1) is 0 Å². The molecule has 20 heavy (non-hydrogen) atoms. The smallest absolute Gasteiger partial charge is 0.250 e. The molecule has 5 aliphatic rings. The molecule has 96 valence electrons. The summed E-state index contributed by atoms with van der Waals surface area (Å²) in [7, 11) is 0. The van der Waals surface area contributed by atoms with E-state index in [1.807, 2.05) is 18.2 Å². The molecule has 0 radical (unpaired) electrons. The topological polar surface area (TPSA) is 29.1 Å². The molecule has 4 aliphatic carbocycles. The lowest BCUT2D eigenvalue weighted by atomic mass is 9.65. The Hall–Kier alpha value is -2.06. The van der Waals surface area contributed by atoms with Gasteiger partial charge in [-0.05, 0) is 28.3 Å². The number of rotatable bonds is 0. The van der Waals surface area contributed by atoms with Crippen molar-refractivity contribution in [1.29, 1.82) is 0 Å². The molecule has 1 N–H and O–H groups in total. The number of allylic oxidation sites excluding steroid dienone is 4. The SMILES string of the molecule is O=C1NC23C=CC(=C4C=CC(Cl)C1=C42)c1ccccc13. The predicted molar refractivity (Wildman–Crippen MR) is 78.1 cm³/mol. The molecule has 1 aliphatic heterocycles. The van der Waals surface area contributed by atoms with Crippen molar-refractivity contribution in [3.8, 4) is 0 Å². The number of benzene rings is 1. The van der Waals surface area contributed by atoms with Crippen molar-refractivity contribution in [3.63, 3.8) is 0 Å². The third kappa shape index (κ3) is 0.958. The van der Waals surface area contributed by atoms with Crippen molar-refractivity contribution in [2.45, 2.75) is 10.9 Å². The van der Waals surface area contributed by atoms with Gasteiger partial charge in [0.05, 0.1) is 5.38 Å². The van der Waals surface area contributed by atoms with Gasteiger partial charge in [-0.15, -0.1) is 11.6 Å². The second-order valence-corrected chi connectivity index (χ2v) is 5.99. The molecule has 0 fully saturated rings. The van der Waals surface area contributed by atoms with Crippen LogP contribution in [0.25, 0.3) is 5.57 Å². The Morgan fingerprint density at radius 3 is 2.90 bits per heavy atom. The van der Waals surface area contributed by atoms with Gasteiger partial charge in [0.1, 0.15) is 5.54 Å². The summed E-state index contributed by atoms with van der Waals surface area (Å²) in [4.78, 5) is 12.4. The van der Waals surface area contributed by atoms with Crippen LogP contribution < -0.4 is 5.32 Å². The second kappa shape index (κ2) is 3.15. The molecule has 0 aromatic heterocycles. The quantitative estimate of drug-likeness (QED) is 0.727. The van der Waals surface area contributed by atoms with Crippen molar-refractivity contribution in [1.82, 2.24) is 5.32 Å². The lowest BCUT2D eigenvalue weighted by Crippen LogP contribution is -2.44. The molecule has 2 unspecified atom stereocenters. The Labute approximate surface area is 121 Å². The number of hydrogen-bond donors (Lipinski definition) is 1. The summed E-state index contributed by atoms with van der Waals surface area (Å²) in [6, 6.07) is 8.26. The van der Waals surface area contributed by atoms with Crippen LogP contribution in [0.4, 0.5) is 0 Å². The molecule has 2 nitrogen and oxygen atoms in total. The number of carbonyl (C=O) groups is 1. The standard InChI is InChI=1S/C17H10ClNO/c18-13-6-5-11-9-7-8-17(12-4-2-1-3-10(9)12)15(11)14(13)16(20)19-17/h1-8,13H,(H,19,20). The molecule has 6 rings (SSSR count). The minimum atomic E-state index is -0.516. The van der Waals surface area contributed by atoms with Gasteiger partial charge in [0, 0.05) is 11.1 Å². The average Bonchev–Trinajstić information content (AvgIpc) is 2.78. The van der Waals surface area contributed by atoms with Gasteiger partial charge < -0.3 is 5.32 Å². The summed E-state index contributed by atoms with van der Waals surface area (Å²) in [6.07, 6.45) is 8.17. The summed E-state index contributed by atoms with van der Waals surface area (Å²) < 4.78 is 0. The molecule has 2 atom stereocenters. The summed E-state index contributed by atoms with van der Waals surface area (Å²) >= 11 is 6.33. The Kier molecular flexibility index (Phi) is 1.69. The van der Waals surface area contributed by atoms with Crippen LogP contribution in [-0.2, 0) is 10.3 Å². The van der Waals surface area contributed by atoms with Crippen LogP contribution in [0.1, 0.15) is 11.1 Å². The maximum absolute atomic E-state index is 12.4. The van der Waals surface area contributed by atoms with E-state index in [1.54, 1.807) is 0 Å². The van der Waals surface area contributed by atoms with E-state index in [-0.39, 0.29) is 11.3 Å². The number of carbonyl (C=O) groups excluding carboxylic acids is 1. The van der Waals surface area contributed by atoms with E-state index in [4.69, 9.17) is 11.6 Å². The highest BCUT2D eigenvalue weighted by Gasteiger charge is 2.53. The van der Waals surface area contributed by atoms with E-state index in [0.717, 1.165) is 16.7 Å². The second-order valence-electron chi connectivity index (χ2n) is 5.52. The van der Waals surface area contributed by atoms with E-state index < -0.39 is 5.54 Å². The van der Waals surface area contributed by atoms with Gasteiger partial charge in [-0.25, -0.2) is 0 Å². The molecular formula is C17H10ClNO. The van der Waals surface area contributed by atoms with Crippen molar-refractivity contribution >= 4 is 23.1 Å².